The summed E-state index contributed by atoms with van der Waals surface area (Å²) in [7, 11) is 0. The first kappa shape index (κ1) is 21.8. The van der Waals surface area contributed by atoms with E-state index in [4.69, 9.17) is 51.1 Å². The minimum atomic E-state index is -1.59. The summed E-state index contributed by atoms with van der Waals surface area (Å²) in [5, 5.41) is 0.733. The van der Waals surface area contributed by atoms with Crippen molar-refractivity contribution in [2.24, 2.45) is 0 Å². The summed E-state index contributed by atoms with van der Waals surface area (Å²) in [6.45, 7) is 3.29. The highest BCUT2D eigenvalue weighted by molar-refractivity contribution is 6.67. The third kappa shape index (κ3) is 5.80. The molecule has 1 aliphatic heterocycles. The SMILES string of the molecule is O=C(OCC(Cl)(Cl)Cl)N1CCN(CC2(c3ccc(Cl)cc3)C=CC=CC2)CC1. The molecule has 1 aromatic carbocycles. The standard InChI is InChI=1S/C20H22Cl4N2O2/c21-17-6-4-16(5-7-17)19(8-2-1-3-9-19)14-25-10-12-26(13-11-25)18(27)28-15-20(22,23)24/h1-8H,9-15H2. The second-order valence-electron chi connectivity index (χ2n) is 7.09. The maximum Gasteiger partial charge on any atom is 0.409 e. The number of carbonyl (C=O) groups excluding carboxylic acids is 1. The van der Waals surface area contributed by atoms with Gasteiger partial charge >= 0.3 is 6.09 Å². The maximum absolute atomic E-state index is 12.1. The molecule has 1 fully saturated rings. The van der Waals surface area contributed by atoms with Crippen molar-refractivity contribution in [3.63, 3.8) is 0 Å². The van der Waals surface area contributed by atoms with E-state index in [1.165, 1.54) is 5.56 Å². The summed E-state index contributed by atoms with van der Waals surface area (Å²) in [5.41, 5.74) is 1.14. The van der Waals surface area contributed by atoms with E-state index in [0.717, 1.165) is 31.1 Å². The second-order valence-corrected chi connectivity index (χ2v) is 10.0. The minimum Gasteiger partial charge on any atom is -0.445 e. The molecule has 152 valence electrons. The number of carbonyl (C=O) groups is 1. The summed E-state index contributed by atoms with van der Waals surface area (Å²) in [6, 6.07) is 8.05. The number of alkyl halides is 3. The highest BCUT2D eigenvalue weighted by Gasteiger charge is 2.34. The molecule has 1 aromatic rings. The largest absolute Gasteiger partial charge is 0.445 e. The molecule has 1 saturated heterocycles. The molecular weight excluding hydrogens is 442 g/mol. The van der Waals surface area contributed by atoms with Gasteiger partial charge in [0.15, 0.2) is 0 Å². The molecule has 1 atom stereocenters. The normalized spacial score (nSPS) is 23.1. The number of rotatable bonds is 4. The Labute approximate surface area is 185 Å². The van der Waals surface area contributed by atoms with Gasteiger partial charge < -0.3 is 9.64 Å². The molecule has 0 spiro atoms. The molecule has 4 nitrogen and oxygen atoms in total. The molecule has 2 aliphatic rings. The molecule has 8 heteroatoms. The third-order valence-electron chi connectivity index (χ3n) is 5.06. The molecule has 0 aromatic heterocycles. The van der Waals surface area contributed by atoms with E-state index in [1.54, 1.807) is 4.90 Å². The molecular formula is C20H22Cl4N2O2. The Bertz CT molecular complexity index is 738. The molecule has 0 saturated carbocycles. The Hall–Kier alpha value is -0.910. The first-order chi connectivity index (χ1) is 13.3. The molecule has 1 unspecified atom stereocenters. The summed E-state index contributed by atoms with van der Waals surface area (Å²) in [6.07, 6.45) is 9.11. The predicted octanol–water partition coefficient (Wildman–Crippen LogP) is 5.22. The summed E-state index contributed by atoms with van der Waals surface area (Å²) >= 11 is 23.0. The first-order valence-corrected chi connectivity index (χ1v) is 10.6. The lowest BCUT2D eigenvalue weighted by atomic mass is 9.75. The van der Waals surface area contributed by atoms with Crippen LogP contribution in [0.25, 0.3) is 0 Å². The number of amides is 1. The minimum absolute atomic E-state index is 0.0997. The van der Waals surface area contributed by atoms with Crippen LogP contribution in [0.3, 0.4) is 0 Å². The zero-order chi connectivity index (χ0) is 20.2. The smallest absolute Gasteiger partial charge is 0.409 e. The average Bonchev–Trinajstić information content (AvgIpc) is 2.67. The Balaban J connectivity index is 1.60. The van der Waals surface area contributed by atoms with Crippen LogP contribution in [-0.4, -0.2) is 59.0 Å². The number of halogens is 4. The molecule has 0 radical (unpaired) electrons. The average molecular weight is 464 g/mol. The number of hydrogen-bond acceptors (Lipinski definition) is 3. The highest BCUT2D eigenvalue weighted by atomic mass is 35.6. The molecule has 1 amide bonds. The topological polar surface area (TPSA) is 32.8 Å². The van der Waals surface area contributed by atoms with E-state index in [9.17, 15) is 4.79 Å². The van der Waals surface area contributed by atoms with Crippen molar-refractivity contribution in [1.82, 2.24) is 9.80 Å². The molecule has 1 heterocycles. The van der Waals surface area contributed by atoms with Crippen LogP contribution in [0.1, 0.15) is 12.0 Å². The first-order valence-electron chi connectivity index (χ1n) is 9.09. The lowest BCUT2D eigenvalue weighted by Gasteiger charge is -2.41. The van der Waals surface area contributed by atoms with Gasteiger partial charge in [0.05, 0.1) is 0 Å². The molecule has 0 N–H and O–H groups in total. The number of allylic oxidation sites excluding steroid dienone is 3. The van der Waals surface area contributed by atoms with Crippen LogP contribution in [0, 0.1) is 0 Å². The summed E-state index contributed by atoms with van der Waals surface area (Å²) in [4.78, 5) is 16.2. The van der Waals surface area contributed by atoms with E-state index >= 15 is 0 Å². The Morgan fingerprint density at radius 1 is 1.07 bits per heavy atom. The van der Waals surface area contributed by atoms with Crippen molar-refractivity contribution in [1.29, 1.82) is 0 Å². The second kappa shape index (κ2) is 9.27. The van der Waals surface area contributed by atoms with E-state index in [1.807, 2.05) is 12.1 Å². The third-order valence-corrected chi connectivity index (χ3v) is 5.64. The van der Waals surface area contributed by atoms with Gasteiger partial charge in [0.2, 0.25) is 3.79 Å². The van der Waals surface area contributed by atoms with Crippen LogP contribution in [-0.2, 0) is 10.2 Å². The molecule has 28 heavy (non-hydrogen) atoms. The van der Waals surface area contributed by atoms with Gasteiger partial charge in [0.25, 0.3) is 0 Å². The fourth-order valence-electron chi connectivity index (χ4n) is 3.59. The van der Waals surface area contributed by atoms with Crippen LogP contribution in [0.15, 0.2) is 48.6 Å². The Morgan fingerprint density at radius 2 is 1.75 bits per heavy atom. The lowest BCUT2D eigenvalue weighted by molar-refractivity contribution is 0.0731. The number of hydrogen-bond donors (Lipinski definition) is 0. The fraction of sp³-hybridized carbons (Fsp3) is 0.450. The number of nitrogens with zero attached hydrogens (tertiary/aromatic N) is 2. The number of ether oxygens (including phenoxy) is 1. The van der Waals surface area contributed by atoms with Crippen molar-refractivity contribution in [3.8, 4) is 0 Å². The van der Waals surface area contributed by atoms with Gasteiger partial charge in [-0.05, 0) is 24.1 Å². The van der Waals surface area contributed by atoms with Crippen LogP contribution in [0.2, 0.25) is 5.02 Å². The van der Waals surface area contributed by atoms with Gasteiger partial charge in [-0.2, -0.15) is 0 Å². The molecule has 1 aliphatic carbocycles. The van der Waals surface area contributed by atoms with Crippen molar-refractivity contribution >= 4 is 52.5 Å². The lowest BCUT2D eigenvalue weighted by Crippen LogP contribution is -2.52. The summed E-state index contributed by atoms with van der Waals surface area (Å²) < 4.78 is 3.48. The predicted molar refractivity (Wildman–Crippen MR) is 116 cm³/mol. The van der Waals surface area contributed by atoms with Crippen molar-refractivity contribution < 1.29 is 9.53 Å². The van der Waals surface area contributed by atoms with Crippen molar-refractivity contribution in [3.05, 3.63) is 59.2 Å². The van der Waals surface area contributed by atoms with Crippen molar-refractivity contribution in [2.75, 3.05) is 39.3 Å². The monoisotopic (exact) mass is 462 g/mol. The van der Waals surface area contributed by atoms with E-state index < -0.39 is 9.89 Å². The van der Waals surface area contributed by atoms with Gasteiger partial charge in [-0.3, -0.25) is 4.90 Å². The van der Waals surface area contributed by atoms with E-state index in [2.05, 4.69) is 41.3 Å². The van der Waals surface area contributed by atoms with Crippen LogP contribution >= 0.6 is 46.4 Å². The van der Waals surface area contributed by atoms with Gasteiger partial charge in [-0.15, -0.1) is 0 Å². The van der Waals surface area contributed by atoms with Gasteiger partial charge in [0.1, 0.15) is 6.61 Å². The quantitative estimate of drug-likeness (QED) is 0.574. The van der Waals surface area contributed by atoms with Crippen LogP contribution in [0.4, 0.5) is 4.79 Å². The van der Waals surface area contributed by atoms with Gasteiger partial charge in [-0.1, -0.05) is 82.8 Å². The zero-order valence-electron chi connectivity index (χ0n) is 15.3. The Morgan fingerprint density at radius 3 is 2.32 bits per heavy atom. The van der Waals surface area contributed by atoms with Crippen LogP contribution < -0.4 is 0 Å². The van der Waals surface area contributed by atoms with Gasteiger partial charge in [-0.25, -0.2) is 4.79 Å². The fourth-order valence-corrected chi connectivity index (χ4v) is 3.88. The molecule has 3 rings (SSSR count). The number of benzene rings is 1. The zero-order valence-corrected chi connectivity index (χ0v) is 18.3. The van der Waals surface area contributed by atoms with E-state index in [-0.39, 0.29) is 12.0 Å². The molecule has 0 bridgehead atoms. The number of piperazine rings is 1. The van der Waals surface area contributed by atoms with E-state index in [0.29, 0.717) is 13.1 Å². The maximum atomic E-state index is 12.1. The van der Waals surface area contributed by atoms with Gasteiger partial charge in [0, 0.05) is 43.2 Å². The Kier molecular flexibility index (Phi) is 7.21. The van der Waals surface area contributed by atoms with Crippen LogP contribution in [0.5, 0.6) is 0 Å². The highest BCUT2D eigenvalue weighted by Crippen LogP contribution is 2.34. The summed E-state index contributed by atoms with van der Waals surface area (Å²) in [5.74, 6) is 0. The van der Waals surface area contributed by atoms with Crippen molar-refractivity contribution in [2.45, 2.75) is 15.6 Å².